The third kappa shape index (κ3) is 2.34. The van der Waals surface area contributed by atoms with Gasteiger partial charge in [0.2, 0.25) is 0 Å². The zero-order chi connectivity index (χ0) is 12.5. The van der Waals surface area contributed by atoms with Crippen molar-refractivity contribution in [2.75, 3.05) is 20.2 Å². The highest BCUT2D eigenvalue weighted by Gasteiger charge is 2.43. The van der Waals surface area contributed by atoms with E-state index >= 15 is 0 Å². The van der Waals surface area contributed by atoms with E-state index in [1.165, 1.54) is 12.1 Å². The molecular weight excluding hydrogens is 221 g/mol. The minimum absolute atomic E-state index is 0.300. The zero-order valence-corrected chi connectivity index (χ0v) is 9.95. The van der Waals surface area contributed by atoms with Gasteiger partial charge in [-0.2, -0.15) is 7.05 Å². The first-order valence-electron chi connectivity index (χ1n) is 5.74. The Hall–Kier alpha value is -0.970. The summed E-state index contributed by atoms with van der Waals surface area (Å²) in [4.78, 5) is 1.09. The van der Waals surface area contributed by atoms with E-state index in [-0.39, 0.29) is 11.9 Å². The minimum atomic E-state index is -1.04. The van der Waals surface area contributed by atoms with Crippen molar-refractivity contribution in [1.29, 1.82) is 0 Å². The quantitative estimate of drug-likeness (QED) is 0.718. The number of rotatable bonds is 2. The van der Waals surface area contributed by atoms with Gasteiger partial charge in [0.05, 0.1) is 13.1 Å². The van der Waals surface area contributed by atoms with Crippen LogP contribution in [-0.4, -0.2) is 31.4 Å². The average Bonchev–Trinajstić information content (AvgIpc) is 2.33. The summed E-state index contributed by atoms with van der Waals surface area (Å²) in [5.74, 6) is -0.300. The van der Waals surface area contributed by atoms with Crippen LogP contribution in [0.4, 0.5) is 4.39 Å². The maximum atomic E-state index is 12.9. The second-order valence-electron chi connectivity index (χ2n) is 4.61. The maximum absolute atomic E-state index is 12.9. The second-order valence-corrected chi connectivity index (χ2v) is 4.61. The lowest BCUT2D eigenvalue weighted by atomic mass is 9.82. The molecule has 1 aliphatic heterocycles. The third-order valence-electron chi connectivity index (χ3n) is 3.50. The molecule has 94 valence electrons. The number of ether oxygens (including phenoxy) is 1. The summed E-state index contributed by atoms with van der Waals surface area (Å²) >= 11 is 0. The van der Waals surface area contributed by atoms with Crippen molar-refractivity contribution in [2.45, 2.75) is 18.1 Å². The lowest BCUT2D eigenvalue weighted by Gasteiger charge is -2.43. The highest BCUT2D eigenvalue weighted by molar-refractivity contribution is 5.25. The molecule has 3 nitrogen and oxygen atoms in total. The topological polar surface area (TPSA) is 33.9 Å². The van der Waals surface area contributed by atoms with E-state index in [0.29, 0.717) is 18.5 Å². The molecule has 1 aromatic carbocycles. The molecule has 4 heteroatoms. The van der Waals surface area contributed by atoms with Crippen LogP contribution >= 0.6 is 0 Å². The molecular formula is C13H18FNO2. The van der Waals surface area contributed by atoms with E-state index in [4.69, 9.17) is 4.74 Å². The molecule has 1 fully saturated rings. The summed E-state index contributed by atoms with van der Waals surface area (Å²) in [6.45, 7) is 1.41. The lowest BCUT2D eigenvalue weighted by Crippen LogP contribution is -3.10. The smallest absolute Gasteiger partial charge is 0.137 e. The predicted octanol–water partition coefficient (Wildman–Crippen LogP) is 0.108. The molecule has 3 atom stereocenters. The van der Waals surface area contributed by atoms with Crippen LogP contribution in [0.2, 0.25) is 0 Å². The van der Waals surface area contributed by atoms with Crippen LogP contribution in [0.25, 0.3) is 0 Å². The van der Waals surface area contributed by atoms with Crippen molar-refractivity contribution in [2.24, 2.45) is 0 Å². The number of hydrogen-bond acceptors (Lipinski definition) is 2. The van der Waals surface area contributed by atoms with Gasteiger partial charge in [-0.05, 0) is 17.7 Å². The number of quaternary nitrogens is 1. The van der Waals surface area contributed by atoms with Gasteiger partial charge in [0, 0.05) is 13.5 Å². The highest BCUT2D eigenvalue weighted by atomic mass is 19.1. The first-order valence-corrected chi connectivity index (χ1v) is 5.74. The fourth-order valence-electron chi connectivity index (χ4n) is 2.41. The maximum Gasteiger partial charge on any atom is 0.137 e. The number of benzene rings is 1. The molecule has 2 rings (SSSR count). The summed E-state index contributed by atoms with van der Waals surface area (Å²) in [6, 6.07) is 5.97. The molecule has 1 aliphatic rings. The molecule has 0 bridgehead atoms. The van der Waals surface area contributed by atoms with Crippen molar-refractivity contribution in [3.8, 4) is 0 Å². The molecule has 2 N–H and O–H groups in total. The number of methoxy groups -OCH3 is 1. The number of hydrogen-bond donors (Lipinski definition) is 2. The molecule has 0 radical (unpaired) electrons. The molecule has 0 saturated carbocycles. The molecule has 0 spiro atoms. The van der Waals surface area contributed by atoms with E-state index in [0.717, 1.165) is 11.4 Å². The van der Waals surface area contributed by atoms with Crippen molar-refractivity contribution in [1.82, 2.24) is 0 Å². The van der Waals surface area contributed by atoms with Gasteiger partial charge in [-0.25, -0.2) is 4.39 Å². The van der Waals surface area contributed by atoms with Gasteiger partial charge in [0.1, 0.15) is 17.5 Å². The highest BCUT2D eigenvalue weighted by Crippen LogP contribution is 2.31. The van der Waals surface area contributed by atoms with Crippen molar-refractivity contribution in [3.63, 3.8) is 0 Å². The molecule has 17 heavy (non-hydrogen) atoms. The Morgan fingerprint density at radius 1 is 1.47 bits per heavy atom. The summed E-state index contributed by atoms with van der Waals surface area (Å²) < 4.78 is 18.2. The van der Waals surface area contributed by atoms with Gasteiger partial charge in [-0.15, -0.1) is 0 Å². The van der Waals surface area contributed by atoms with Crippen LogP contribution in [0.1, 0.15) is 12.0 Å². The Morgan fingerprint density at radius 3 is 2.71 bits per heavy atom. The monoisotopic (exact) mass is 239 g/mol. The largest absolute Gasteiger partial charge is 0.465 e. The van der Waals surface area contributed by atoms with E-state index in [1.54, 1.807) is 19.2 Å². The van der Waals surface area contributed by atoms with Crippen molar-refractivity contribution in [3.05, 3.63) is 42.7 Å². The van der Waals surface area contributed by atoms with Crippen LogP contribution in [0.15, 0.2) is 24.3 Å². The van der Waals surface area contributed by atoms with E-state index in [9.17, 15) is 9.50 Å². The van der Waals surface area contributed by atoms with Gasteiger partial charge >= 0.3 is 0 Å². The summed E-state index contributed by atoms with van der Waals surface area (Å²) in [6.07, 6.45) is 0.255. The van der Waals surface area contributed by atoms with Gasteiger partial charge in [-0.1, -0.05) is 12.1 Å². The number of aliphatic hydroxyl groups is 1. The molecule has 1 aromatic rings. The Bertz CT molecular complexity index is 382. The van der Waals surface area contributed by atoms with Crippen LogP contribution in [0.3, 0.4) is 0 Å². The number of halogens is 1. The number of piperidine rings is 1. The SMILES string of the molecule is [CH2-][NH+]1CCC(O)(c2ccc(F)cc2)C(OC)C1. The van der Waals surface area contributed by atoms with Crippen LogP contribution in [0.5, 0.6) is 0 Å². The van der Waals surface area contributed by atoms with Crippen molar-refractivity contribution >= 4 is 0 Å². The van der Waals surface area contributed by atoms with Gasteiger partial charge in [0.25, 0.3) is 0 Å². The second kappa shape index (κ2) is 4.72. The average molecular weight is 239 g/mol. The number of likely N-dealkylation sites (tertiary alicyclic amines) is 1. The van der Waals surface area contributed by atoms with Crippen LogP contribution < -0.4 is 4.90 Å². The normalized spacial score (nSPS) is 33.6. The Kier molecular flexibility index (Phi) is 3.47. The van der Waals surface area contributed by atoms with Crippen LogP contribution in [0, 0.1) is 12.9 Å². The van der Waals surface area contributed by atoms with E-state index in [1.807, 2.05) is 0 Å². The van der Waals surface area contributed by atoms with Gasteiger partial charge < -0.3 is 14.7 Å². The third-order valence-corrected chi connectivity index (χ3v) is 3.50. The predicted molar refractivity (Wildman–Crippen MR) is 61.8 cm³/mol. The minimum Gasteiger partial charge on any atom is -0.465 e. The summed E-state index contributed by atoms with van der Waals surface area (Å²) in [5.41, 5.74) is -0.331. The molecule has 1 saturated heterocycles. The first-order chi connectivity index (χ1) is 8.06. The molecule has 3 unspecified atom stereocenters. The van der Waals surface area contributed by atoms with Gasteiger partial charge in [0.15, 0.2) is 0 Å². The van der Waals surface area contributed by atoms with E-state index < -0.39 is 5.60 Å². The Labute approximate surface area is 101 Å². The molecule has 1 heterocycles. The fourth-order valence-corrected chi connectivity index (χ4v) is 2.41. The van der Waals surface area contributed by atoms with Crippen molar-refractivity contribution < 1.29 is 19.1 Å². The fraction of sp³-hybridized carbons (Fsp3) is 0.462. The number of nitrogens with one attached hydrogen (secondary N) is 1. The molecule has 0 amide bonds. The summed E-state index contributed by atoms with van der Waals surface area (Å²) in [5, 5.41) is 10.7. The molecule has 0 aliphatic carbocycles. The zero-order valence-electron chi connectivity index (χ0n) is 9.95. The van der Waals surface area contributed by atoms with Gasteiger partial charge in [-0.3, -0.25) is 0 Å². The summed E-state index contributed by atoms with van der Waals surface area (Å²) in [7, 11) is 5.52. The van der Waals surface area contributed by atoms with E-state index in [2.05, 4.69) is 7.05 Å². The Balaban J connectivity index is 2.30. The lowest BCUT2D eigenvalue weighted by molar-refractivity contribution is -0.867. The Morgan fingerprint density at radius 2 is 2.12 bits per heavy atom. The first kappa shape index (κ1) is 12.5. The van der Waals surface area contributed by atoms with Crippen LogP contribution in [-0.2, 0) is 10.3 Å². The standard InChI is InChI=1S/C13H18FNO2/c1-15-8-7-13(16,12(9-15)17-2)10-3-5-11(14)6-4-10/h3-6,12,15-16H,1,7-9H2,2H3. The molecule has 0 aromatic heterocycles.